The summed E-state index contributed by atoms with van der Waals surface area (Å²) < 4.78 is 0. The minimum Gasteiger partial charge on any atom is -0.351 e. The van der Waals surface area contributed by atoms with Crippen molar-refractivity contribution in [1.82, 2.24) is 20.4 Å². The molecule has 0 aromatic carbocycles. The number of nitrogens with one attached hydrogen (secondary N) is 2. The topological polar surface area (TPSA) is 78.1 Å². The van der Waals surface area contributed by atoms with E-state index >= 15 is 0 Å². The first-order valence-electron chi connectivity index (χ1n) is 7.78. The lowest BCUT2D eigenvalue weighted by molar-refractivity contribution is -0.132. The van der Waals surface area contributed by atoms with Gasteiger partial charge >= 0.3 is 0 Å². The molecule has 1 aromatic heterocycles. The molecule has 0 aliphatic carbocycles. The van der Waals surface area contributed by atoms with Crippen LogP contribution in [0.1, 0.15) is 37.7 Å². The molecule has 2 fully saturated rings. The summed E-state index contributed by atoms with van der Waals surface area (Å²) in [5, 5.41) is 9.74. The molecule has 0 unspecified atom stereocenters. The van der Waals surface area contributed by atoms with Gasteiger partial charge in [-0.25, -0.2) is 0 Å². The normalized spacial score (nSPS) is 25.3. The highest BCUT2D eigenvalue weighted by molar-refractivity contribution is 5.82. The van der Waals surface area contributed by atoms with Gasteiger partial charge in [0.05, 0.1) is 12.1 Å². The number of hydrogen-bond acceptors (Lipinski definition) is 3. The number of aromatic amines is 1. The van der Waals surface area contributed by atoms with E-state index in [1.807, 2.05) is 11.1 Å². The molecule has 2 aliphatic heterocycles. The van der Waals surface area contributed by atoms with E-state index in [1.54, 1.807) is 6.20 Å². The summed E-state index contributed by atoms with van der Waals surface area (Å²) in [4.78, 5) is 26.2. The zero-order valence-electron chi connectivity index (χ0n) is 12.2. The molecule has 6 heteroatoms. The highest BCUT2D eigenvalue weighted by Gasteiger charge is 2.33. The van der Waals surface area contributed by atoms with Crippen molar-refractivity contribution >= 4 is 11.8 Å². The van der Waals surface area contributed by atoms with Gasteiger partial charge in [-0.2, -0.15) is 5.10 Å². The molecule has 6 nitrogen and oxygen atoms in total. The Kier molecular flexibility index (Phi) is 4.22. The first kappa shape index (κ1) is 14.1. The summed E-state index contributed by atoms with van der Waals surface area (Å²) in [6.45, 7) is 1.26. The zero-order chi connectivity index (χ0) is 14.7. The summed E-state index contributed by atoms with van der Waals surface area (Å²) in [6.07, 6.45) is 8.86. The van der Waals surface area contributed by atoms with E-state index in [4.69, 9.17) is 0 Å². The lowest BCUT2D eigenvalue weighted by atomic mass is 9.99. The second kappa shape index (κ2) is 6.28. The molecule has 1 aromatic rings. The van der Waals surface area contributed by atoms with Gasteiger partial charge < -0.3 is 10.2 Å². The third-order valence-corrected chi connectivity index (χ3v) is 4.47. The van der Waals surface area contributed by atoms with Crippen LogP contribution in [0.2, 0.25) is 0 Å². The molecule has 3 rings (SSSR count). The lowest BCUT2D eigenvalue weighted by Gasteiger charge is -2.27. The average Bonchev–Trinajstić information content (AvgIpc) is 2.82. The van der Waals surface area contributed by atoms with Crippen molar-refractivity contribution in [3.8, 4) is 0 Å². The number of amides is 2. The van der Waals surface area contributed by atoms with Crippen LogP contribution in [0.3, 0.4) is 0 Å². The molecule has 2 bridgehead atoms. The number of H-pyrrole nitrogens is 1. The van der Waals surface area contributed by atoms with Gasteiger partial charge in [-0.1, -0.05) is 6.42 Å². The third kappa shape index (κ3) is 3.43. The van der Waals surface area contributed by atoms with Gasteiger partial charge in [0.1, 0.15) is 0 Å². The molecule has 21 heavy (non-hydrogen) atoms. The van der Waals surface area contributed by atoms with Crippen LogP contribution in [0.5, 0.6) is 0 Å². The SMILES string of the molecule is O=C1N[C@H]2CCC[C@@H]1CN(C(=O)CCCc1cn[nH]c1)C2. The molecule has 2 aliphatic rings. The lowest BCUT2D eigenvalue weighted by Crippen LogP contribution is -2.41. The minimum atomic E-state index is -0.0182. The molecule has 2 amide bonds. The van der Waals surface area contributed by atoms with Gasteiger partial charge in [0, 0.05) is 31.7 Å². The zero-order valence-corrected chi connectivity index (χ0v) is 12.2. The first-order chi connectivity index (χ1) is 10.2. The van der Waals surface area contributed by atoms with Crippen LogP contribution in [-0.4, -0.2) is 46.0 Å². The Bertz CT molecular complexity index is 500. The van der Waals surface area contributed by atoms with Crippen molar-refractivity contribution in [1.29, 1.82) is 0 Å². The molecule has 0 saturated carbocycles. The number of carbonyl (C=O) groups is 2. The van der Waals surface area contributed by atoms with Crippen LogP contribution in [0.4, 0.5) is 0 Å². The standard InChI is InChI=1S/C15H22N4O2/c20-14(6-1-3-11-7-16-17-8-11)19-9-12-4-2-5-13(10-19)18-15(12)21/h7-8,12-13H,1-6,9-10H2,(H,16,17)(H,18,21)/t12-,13+/m1/s1. The van der Waals surface area contributed by atoms with Crippen LogP contribution >= 0.6 is 0 Å². The van der Waals surface area contributed by atoms with E-state index in [1.165, 1.54) is 0 Å². The number of aromatic nitrogens is 2. The highest BCUT2D eigenvalue weighted by atomic mass is 16.2. The highest BCUT2D eigenvalue weighted by Crippen LogP contribution is 2.22. The van der Waals surface area contributed by atoms with Crippen molar-refractivity contribution in [3.63, 3.8) is 0 Å². The Morgan fingerprint density at radius 1 is 1.38 bits per heavy atom. The quantitative estimate of drug-likeness (QED) is 0.863. The fraction of sp³-hybridized carbons (Fsp3) is 0.667. The van der Waals surface area contributed by atoms with E-state index in [2.05, 4.69) is 15.5 Å². The van der Waals surface area contributed by atoms with Gasteiger partial charge in [-0.3, -0.25) is 14.7 Å². The summed E-state index contributed by atoms with van der Waals surface area (Å²) in [5.74, 6) is 0.286. The number of aryl methyl sites for hydroxylation is 1. The maximum absolute atomic E-state index is 12.4. The number of carbonyl (C=O) groups excluding carboxylic acids is 2. The summed E-state index contributed by atoms with van der Waals surface area (Å²) in [7, 11) is 0. The van der Waals surface area contributed by atoms with Crippen molar-refractivity contribution in [2.45, 2.75) is 44.6 Å². The Hall–Kier alpha value is -1.85. The number of fused-ring (bicyclic) bond motifs is 3. The van der Waals surface area contributed by atoms with Gasteiger partial charge in [-0.15, -0.1) is 0 Å². The van der Waals surface area contributed by atoms with Crippen LogP contribution in [0.25, 0.3) is 0 Å². The summed E-state index contributed by atoms with van der Waals surface area (Å²) in [5.41, 5.74) is 1.13. The van der Waals surface area contributed by atoms with E-state index in [0.717, 1.165) is 37.7 Å². The number of hydrogen-bond donors (Lipinski definition) is 2. The van der Waals surface area contributed by atoms with Crippen LogP contribution in [0.15, 0.2) is 12.4 Å². The van der Waals surface area contributed by atoms with Crippen LogP contribution in [-0.2, 0) is 16.0 Å². The Labute approximate surface area is 124 Å². The third-order valence-electron chi connectivity index (χ3n) is 4.47. The van der Waals surface area contributed by atoms with Crippen molar-refractivity contribution < 1.29 is 9.59 Å². The summed E-state index contributed by atoms with van der Waals surface area (Å²) >= 11 is 0. The smallest absolute Gasteiger partial charge is 0.225 e. The van der Waals surface area contributed by atoms with Crippen molar-refractivity contribution in [2.75, 3.05) is 13.1 Å². The Morgan fingerprint density at radius 2 is 2.29 bits per heavy atom. The Morgan fingerprint density at radius 3 is 3.10 bits per heavy atom. The van der Waals surface area contributed by atoms with E-state index < -0.39 is 0 Å². The maximum atomic E-state index is 12.4. The molecular formula is C15H22N4O2. The average molecular weight is 290 g/mol. The van der Waals surface area contributed by atoms with Gasteiger partial charge in [0.2, 0.25) is 11.8 Å². The number of likely N-dealkylation sites (tertiary alicyclic amines) is 1. The number of rotatable bonds is 4. The molecular weight excluding hydrogens is 268 g/mol. The van der Waals surface area contributed by atoms with Gasteiger partial charge in [0.15, 0.2) is 0 Å². The molecule has 2 N–H and O–H groups in total. The fourth-order valence-corrected chi connectivity index (χ4v) is 3.27. The fourth-order valence-electron chi connectivity index (χ4n) is 3.27. The van der Waals surface area contributed by atoms with Crippen LogP contribution < -0.4 is 5.32 Å². The predicted molar refractivity (Wildman–Crippen MR) is 77.4 cm³/mol. The van der Waals surface area contributed by atoms with Gasteiger partial charge in [0.25, 0.3) is 0 Å². The Balaban J connectivity index is 1.53. The van der Waals surface area contributed by atoms with Crippen molar-refractivity contribution in [2.24, 2.45) is 5.92 Å². The molecule has 2 saturated heterocycles. The minimum absolute atomic E-state index is 0.0182. The second-order valence-electron chi connectivity index (χ2n) is 6.09. The largest absolute Gasteiger partial charge is 0.351 e. The molecule has 3 heterocycles. The molecule has 114 valence electrons. The molecule has 0 spiro atoms. The van der Waals surface area contributed by atoms with Gasteiger partial charge in [-0.05, 0) is 31.2 Å². The van der Waals surface area contributed by atoms with E-state index in [-0.39, 0.29) is 23.8 Å². The van der Waals surface area contributed by atoms with Crippen molar-refractivity contribution in [3.05, 3.63) is 18.0 Å². The number of nitrogens with zero attached hydrogens (tertiary/aromatic N) is 2. The monoisotopic (exact) mass is 290 g/mol. The second-order valence-corrected chi connectivity index (χ2v) is 6.09. The maximum Gasteiger partial charge on any atom is 0.225 e. The first-order valence-corrected chi connectivity index (χ1v) is 7.78. The van der Waals surface area contributed by atoms with Crippen LogP contribution in [0, 0.1) is 5.92 Å². The summed E-state index contributed by atoms with van der Waals surface area (Å²) in [6, 6.07) is 0.142. The van der Waals surface area contributed by atoms with E-state index in [9.17, 15) is 9.59 Å². The predicted octanol–water partition coefficient (Wildman–Crippen LogP) is 0.859. The molecule has 2 atom stereocenters. The van der Waals surface area contributed by atoms with E-state index in [0.29, 0.717) is 19.5 Å². The molecule has 0 radical (unpaired) electrons.